The van der Waals surface area contributed by atoms with Crippen LogP contribution in [0.3, 0.4) is 0 Å². The van der Waals surface area contributed by atoms with Crippen molar-refractivity contribution < 1.29 is 4.74 Å². The second kappa shape index (κ2) is 21.9. The summed E-state index contributed by atoms with van der Waals surface area (Å²) in [6.45, 7) is -0.414. The molecule has 0 fully saturated rings. The molecule has 14 aromatic rings. The molecule has 0 bridgehead atoms. The summed E-state index contributed by atoms with van der Waals surface area (Å²) < 4.78 is 7.29. The van der Waals surface area contributed by atoms with Crippen LogP contribution in [0.2, 0.25) is 0 Å². The standard InChI is InChI=1S/C84H57B2N5O/c1-9-30-58(31-10-1)68-46-29-47-69(59-32-11-2-12-33-59)84(68)91-74-50-27-25-48-70(74)85-72-56-73-76(57-75(72)89(64-42-21-7-22-43-64)77-52-66(53-78(91)82(77)85)87(60-34-13-3-14-35-60)61-36-15-4-16-37-61)90(65-44-23-8-24-45-65)79-54-67(55-81-83(79)86(73)71-49-26-28-51-80(71)92-81)88(62-38-17-5-18-39-62)63-40-19-6-20-41-63/h1-57H. The number of fused-ring (bicyclic) bond motifs is 8. The van der Waals surface area contributed by atoms with E-state index in [1.165, 1.54) is 21.9 Å². The summed E-state index contributed by atoms with van der Waals surface area (Å²) in [5.41, 5.74) is 27.8. The van der Waals surface area contributed by atoms with Crippen LogP contribution in [0.1, 0.15) is 0 Å². The first-order chi connectivity index (χ1) is 45.7. The molecule has 8 heteroatoms. The highest BCUT2D eigenvalue weighted by atomic mass is 16.5. The van der Waals surface area contributed by atoms with Crippen LogP contribution in [0.5, 0.6) is 11.5 Å². The van der Waals surface area contributed by atoms with Crippen LogP contribution >= 0.6 is 0 Å². The van der Waals surface area contributed by atoms with Crippen molar-refractivity contribution in [1.29, 1.82) is 0 Å². The van der Waals surface area contributed by atoms with E-state index >= 15 is 0 Å². The van der Waals surface area contributed by atoms with E-state index in [9.17, 15) is 0 Å². The first-order valence-corrected chi connectivity index (χ1v) is 31.6. The normalized spacial score (nSPS) is 12.8. The Morgan fingerprint density at radius 2 is 0.620 bits per heavy atom. The van der Waals surface area contributed by atoms with E-state index in [1.807, 2.05) is 0 Å². The summed E-state index contributed by atoms with van der Waals surface area (Å²) in [5.74, 6) is 1.69. The quantitative estimate of drug-likeness (QED) is 0.120. The van der Waals surface area contributed by atoms with Crippen molar-refractivity contribution in [2.75, 3.05) is 24.5 Å². The number of benzene rings is 14. The van der Waals surface area contributed by atoms with Gasteiger partial charge in [0.1, 0.15) is 11.5 Å². The van der Waals surface area contributed by atoms with Crippen LogP contribution in [-0.2, 0) is 0 Å². The van der Waals surface area contributed by atoms with E-state index in [4.69, 9.17) is 4.74 Å². The maximum absolute atomic E-state index is 7.29. The van der Waals surface area contributed by atoms with Crippen molar-refractivity contribution >= 4 is 132 Å². The molecule has 0 spiro atoms. The Morgan fingerprint density at radius 1 is 0.239 bits per heavy atom. The van der Waals surface area contributed by atoms with Gasteiger partial charge in [-0.25, -0.2) is 0 Å². The van der Waals surface area contributed by atoms with E-state index in [1.54, 1.807) is 0 Å². The van der Waals surface area contributed by atoms with Crippen LogP contribution in [0.25, 0.3) is 22.3 Å². The third-order valence-corrected chi connectivity index (χ3v) is 18.8. The van der Waals surface area contributed by atoms with Gasteiger partial charge in [-0.05, 0) is 153 Å². The summed E-state index contributed by atoms with van der Waals surface area (Å²) in [7, 11) is 0. The second-order valence-electron chi connectivity index (χ2n) is 23.9. The topological polar surface area (TPSA) is 25.4 Å². The number of rotatable bonds is 11. The van der Waals surface area contributed by atoms with Gasteiger partial charge in [-0.15, -0.1) is 0 Å². The fraction of sp³-hybridized carbons (Fsp3) is 0. The van der Waals surface area contributed by atoms with E-state index < -0.39 is 0 Å². The monoisotopic (exact) mass is 1170 g/mol. The van der Waals surface area contributed by atoms with Gasteiger partial charge in [0.15, 0.2) is 0 Å². The molecule has 4 aliphatic rings. The van der Waals surface area contributed by atoms with Crippen molar-refractivity contribution in [3.05, 3.63) is 346 Å². The van der Waals surface area contributed by atoms with Gasteiger partial charge in [0.25, 0.3) is 13.4 Å². The Bertz CT molecular complexity index is 4970. The number of hydrogen-bond donors (Lipinski definition) is 0. The maximum Gasteiger partial charge on any atom is 0.256 e. The van der Waals surface area contributed by atoms with Crippen LogP contribution < -0.4 is 62.0 Å². The fourth-order valence-corrected chi connectivity index (χ4v) is 15.0. The van der Waals surface area contributed by atoms with E-state index in [0.29, 0.717) is 0 Å². The molecule has 0 saturated carbocycles. The SMILES string of the molecule is c1ccc(-c2cccc(-c3ccccc3)c2N2c3ccccc3B3c4cc5c(cc4N(c4ccccc4)c4cc(N(c6ccccc6)c6ccccc6)cc2c43)N(c2ccccc2)c2cc(N(c3ccccc3)c3ccccc3)cc3c2B5c2ccccc2O3)cc1. The molecule has 0 atom stereocenters. The Labute approximate surface area is 537 Å². The fourth-order valence-electron chi connectivity index (χ4n) is 15.0. The predicted molar refractivity (Wildman–Crippen MR) is 387 cm³/mol. The summed E-state index contributed by atoms with van der Waals surface area (Å²) in [6, 6.07) is 126. The highest BCUT2D eigenvalue weighted by Crippen LogP contribution is 2.54. The minimum Gasteiger partial charge on any atom is -0.458 e. The molecule has 0 saturated heterocycles. The lowest BCUT2D eigenvalue weighted by atomic mass is 9.30. The Morgan fingerprint density at radius 3 is 1.11 bits per heavy atom. The lowest BCUT2D eigenvalue weighted by Gasteiger charge is -2.47. The molecule has 18 rings (SSSR count). The lowest BCUT2D eigenvalue weighted by Crippen LogP contribution is -2.64. The minimum absolute atomic E-state index is 0.193. The zero-order valence-corrected chi connectivity index (χ0v) is 50.2. The third kappa shape index (κ3) is 8.59. The summed E-state index contributed by atoms with van der Waals surface area (Å²) >= 11 is 0. The van der Waals surface area contributed by atoms with E-state index in [-0.39, 0.29) is 13.4 Å². The van der Waals surface area contributed by atoms with E-state index in [2.05, 4.69) is 370 Å². The van der Waals surface area contributed by atoms with Crippen LogP contribution in [0, 0.1) is 0 Å². The van der Waals surface area contributed by atoms with E-state index in [0.717, 1.165) is 130 Å². The molecule has 4 heterocycles. The highest BCUT2D eigenvalue weighted by molar-refractivity contribution is 7.02. The highest BCUT2D eigenvalue weighted by Gasteiger charge is 2.49. The lowest BCUT2D eigenvalue weighted by molar-refractivity contribution is 0.487. The van der Waals surface area contributed by atoms with Gasteiger partial charge < -0.3 is 29.2 Å². The van der Waals surface area contributed by atoms with Gasteiger partial charge in [0, 0.05) is 85.4 Å². The number of ether oxygens (including phenoxy) is 1. The van der Waals surface area contributed by atoms with Crippen LogP contribution in [0.4, 0.5) is 85.3 Å². The van der Waals surface area contributed by atoms with Crippen LogP contribution in [-0.4, -0.2) is 13.4 Å². The second-order valence-corrected chi connectivity index (χ2v) is 23.9. The molecule has 14 aromatic carbocycles. The number of hydrogen-bond acceptors (Lipinski definition) is 6. The molecule has 6 nitrogen and oxygen atoms in total. The van der Waals surface area contributed by atoms with Gasteiger partial charge in [0.05, 0.1) is 17.1 Å². The first kappa shape index (κ1) is 53.1. The zero-order chi connectivity index (χ0) is 60.6. The molecule has 92 heavy (non-hydrogen) atoms. The molecule has 0 amide bonds. The van der Waals surface area contributed by atoms with Crippen molar-refractivity contribution in [2.24, 2.45) is 0 Å². The maximum atomic E-state index is 7.29. The summed E-state index contributed by atoms with van der Waals surface area (Å²) in [4.78, 5) is 12.5. The summed E-state index contributed by atoms with van der Waals surface area (Å²) in [5, 5.41) is 0. The smallest absolute Gasteiger partial charge is 0.256 e. The van der Waals surface area contributed by atoms with Crippen molar-refractivity contribution in [3.8, 4) is 33.8 Å². The molecular weight excluding hydrogens is 1120 g/mol. The average Bonchev–Trinajstić information content (AvgIpc) is 0.694. The van der Waals surface area contributed by atoms with Gasteiger partial charge in [-0.3, -0.25) is 0 Å². The zero-order valence-electron chi connectivity index (χ0n) is 50.2. The largest absolute Gasteiger partial charge is 0.458 e. The molecule has 0 aliphatic carbocycles. The molecule has 0 radical (unpaired) electrons. The Hall–Kier alpha value is -12.0. The van der Waals surface area contributed by atoms with Crippen molar-refractivity contribution in [1.82, 2.24) is 0 Å². The predicted octanol–water partition coefficient (Wildman–Crippen LogP) is 18.4. The van der Waals surface area contributed by atoms with Crippen molar-refractivity contribution in [2.45, 2.75) is 0 Å². The number of anilines is 15. The molecule has 430 valence electrons. The van der Waals surface area contributed by atoms with Gasteiger partial charge in [0.2, 0.25) is 0 Å². The molecular formula is C84H57B2N5O. The molecule has 0 unspecified atom stereocenters. The van der Waals surface area contributed by atoms with Gasteiger partial charge in [-0.2, -0.15) is 0 Å². The van der Waals surface area contributed by atoms with Crippen LogP contribution in [0.15, 0.2) is 346 Å². The first-order valence-electron chi connectivity index (χ1n) is 31.6. The van der Waals surface area contributed by atoms with Gasteiger partial charge >= 0.3 is 0 Å². The number of nitrogens with zero attached hydrogens (tertiary/aromatic N) is 5. The van der Waals surface area contributed by atoms with Gasteiger partial charge in [-0.1, -0.05) is 231 Å². The number of para-hydroxylation sites is 9. The minimum atomic E-state index is -0.221. The summed E-state index contributed by atoms with van der Waals surface area (Å²) in [6.07, 6.45) is 0. The average molecular weight is 1170 g/mol. The Balaban J connectivity index is 0.963. The molecule has 0 N–H and O–H groups in total. The Kier molecular flexibility index (Phi) is 12.7. The molecule has 0 aromatic heterocycles. The van der Waals surface area contributed by atoms with Crippen molar-refractivity contribution in [3.63, 3.8) is 0 Å². The molecule has 4 aliphatic heterocycles. The third-order valence-electron chi connectivity index (χ3n) is 18.8.